The zero-order valence-corrected chi connectivity index (χ0v) is 22.3. The number of nitrogens with two attached hydrogens (primary N) is 1. The van der Waals surface area contributed by atoms with Gasteiger partial charge in [-0.25, -0.2) is 4.98 Å². The van der Waals surface area contributed by atoms with Crippen molar-refractivity contribution in [2.75, 3.05) is 13.1 Å². The van der Waals surface area contributed by atoms with Crippen molar-refractivity contribution in [3.63, 3.8) is 0 Å². The van der Waals surface area contributed by atoms with Gasteiger partial charge in [-0.15, -0.1) is 0 Å². The van der Waals surface area contributed by atoms with Gasteiger partial charge in [0.15, 0.2) is 0 Å². The maximum Gasteiger partial charge on any atom is 0.227 e. The lowest BCUT2D eigenvalue weighted by atomic mass is 9.63. The third kappa shape index (κ3) is 5.65. The number of rotatable bonds is 7. The Morgan fingerprint density at radius 2 is 1.67 bits per heavy atom. The molecule has 2 heterocycles. The number of piperidine rings is 1. The van der Waals surface area contributed by atoms with E-state index in [2.05, 4.69) is 27.1 Å². The van der Waals surface area contributed by atoms with Crippen molar-refractivity contribution in [2.45, 2.75) is 95.6 Å². The molecule has 5 rings (SSSR count). The molecule has 2 aliphatic carbocycles. The smallest absolute Gasteiger partial charge is 0.227 e. The number of carbonyl (C=O) groups excluding carboxylic acids is 1. The monoisotopic (exact) mass is 511 g/mol. The molecule has 0 bridgehead atoms. The van der Waals surface area contributed by atoms with Gasteiger partial charge in [-0.1, -0.05) is 62.3 Å². The van der Waals surface area contributed by atoms with E-state index in [0.29, 0.717) is 12.3 Å². The Bertz CT molecular complexity index is 972. The van der Waals surface area contributed by atoms with Crippen molar-refractivity contribution in [2.24, 2.45) is 23.0 Å². The van der Waals surface area contributed by atoms with Crippen molar-refractivity contribution in [1.82, 2.24) is 19.7 Å². The van der Waals surface area contributed by atoms with Crippen molar-refractivity contribution in [3.8, 4) is 0 Å². The van der Waals surface area contributed by atoms with Crippen LogP contribution in [0.4, 0.5) is 0 Å². The van der Waals surface area contributed by atoms with E-state index >= 15 is 0 Å². The van der Waals surface area contributed by atoms with Crippen LogP contribution in [0.1, 0.15) is 82.6 Å². The van der Waals surface area contributed by atoms with Gasteiger partial charge >= 0.3 is 0 Å². The molecule has 7 heteroatoms. The minimum atomic E-state index is -0.423. The summed E-state index contributed by atoms with van der Waals surface area (Å²) in [7, 11) is 0. The Morgan fingerprint density at radius 3 is 2.31 bits per heavy atom. The Morgan fingerprint density at radius 1 is 1.00 bits per heavy atom. The third-order valence-corrected chi connectivity index (χ3v) is 9.87. The van der Waals surface area contributed by atoms with Gasteiger partial charge in [0.2, 0.25) is 5.91 Å². The first-order valence-corrected chi connectivity index (χ1v) is 14.5. The van der Waals surface area contributed by atoms with E-state index < -0.39 is 5.54 Å². The summed E-state index contributed by atoms with van der Waals surface area (Å²) in [6.45, 7) is 2.54. The zero-order valence-electron chi connectivity index (χ0n) is 21.6. The molecule has 1 aromatic heterocycles. The number of hydrogen-bond donors (Lipinski definition) is 1. The molecule has 3 fully saturated rings. The van der Waals surface area contributed by atoms with Crippen LogP contribution in [0, 0.1) is 17.3 Å². The summed E-state index contributed by atoms with van der Waals surface area (Å²) >= 11 is 6.14. The van der Waals surface area contributed by atoms with E-state index in [9.17, 15) is 4.79 Å². The number of carbonyl (C=O) groups is 1. The second kappa shape index (κ2) is 11.2. The normalized spacial score (nSPS) is 23.3. The lowest BCUT2D eigenvalue weighted by Crippen LogP contribution is -2.58. The van der Waals surface area contributed by atoms with E-state index in [1.807, 2.05) is 23.1 Å². The molecule has 3 aliphatic rings. The molecule has 1 aliphatic heterocycles. The fourth-order valence-electron chi connectivity index (χ4n) is 7.39. The predicted molar refractivity (Wildman–Crippen MR) is 143 cm³/mol. The summed E-state index contributed by atoms with van der Waals surface area (Å²) < 4.78 is 2.02. The standard InChI is InChI=1S/C29H42ClN5O/c30-25-11-9-23(10-12-25)19-26(29(31)13-5-2-6-14-29)27(36)34-17-15-28(16-18-34,20-35-22-32-21-33-35)24-7-3-1-4-8-24/h9-12,21-22,24,26H,1-8,13-20,31H2/t26-/m0/s1. The number of benzene rings is 1. The number of likely N-dealkylation sites (tertiary alicyclic amines) is 1. The van der Waals surface area contributed by atoms with E-state index in [1.54, 1.807) is 6.33 Å². The van der Waals surface area contributed by atoms with Gasteiger partial charge in [-0.2, -0.15) is 5.10 Å². The predicted octanol–water partition coefficient (Wildman–Crippen LogP) is 5.64. The second-order valence-electron chi connectivity index (χ2n) is 11.8. The lowest BCUT2D eigenvalue weighted by molar-refractivity contribution is -0.142. The molecule has 2 N–H and O–H groups in total. The number of amides is 1. The second-order valence-corrected chi connectivity index (χ2v) is 12.2. The SMILES string of the molecule is NC1([C@@H](Cc2ccc(Cl)cc2)C(=O)N2CCC(Cn3cncn3)(C3CCCCC3)CC2)CCCCC1. The van der Waals surface area contributed by atoms with Crippen LogP contribution in [0.3, 0.4) is 0 Å². The summed E-state index contributed by atoms with van der Waals surface area (Å²) in [5.74, 6) is 0.778. The van der Waals surface area contributed by atoms with Gasteiger partial charge in [-0.3, -0.25) is 9.48 Å². The largest absolute Gasteiger partial charge is 0.342 e. The Balaban J connectivity index is 1.33. The molecule has 2 aromatic rings. The average Bonchev–Trinajstić information content (AvgIpc) is 3.42. The molecule has 0 spiro atoms. The Kier molecular flexibility index (Phi) is 8.02. The van der Waals surface area contributed by atoms with E-state index in [4.69, 9.17) is 17.3 Å². The van der Waals surface area contributed by atoms with Crippen LogP contribution in [0.15, 0.2) is 36.9 Å². The topological polar surface area (TPSA) is 77.0 Å². The number of aromatic nitrogens is 3. The highest BCUT2D eigenvalue weighted by molar-refractivity contribution is 6.30. The molecule has 1 saturated heterocycles. The van der Waals surface area contributed by atoms with Crippen molar-refractivity contribution in [1.29, 1.82) is 0 Å². The maximum atomic E-state index is 14.2. The summed E-state index contributed by atoms with van der Waals surface area (Å²) in [5.41, 5.74) is 7.98. The minimum Gasteiger partial charge on any atom is -0.342 e. The molecule has 2 saturated carbocycles. The molecule has 1 amide bonds. The summed E-state index contributed by atoms with van der Waals surface area (Å²) in [6, 6.07) is 7.95. The van der Waals surface area contributed by atoms with Crippen LogP contribution in [0.5, 0.6) is 0 Å². The first kappa shape index (κ1) is 25.7. The highest BCUT2D eigenvalue weighted by Crippen LogP contribution is 2.47. The molecule has 36 heavy (non-hydrogen) atoms. The molecular weight excluding hydrogens is 470 g/mol. The molecule has 1 atom stereocenters. The van der Waals surface area contributed by atoms with E-state index in [-0.39, 0.29) is 17.2 Å². The number of hydrogen-bond acceptors (Lipinski definition) is 4. The lowest BCUT2D eigenvalue weighted by Gasteiger charge is -2.49. The van der Waals surface area contributed by atoms with Crippen molar-refractivity contribution in [3.05, 3.63) is 47.5 Å². The Hall–Kier alpha value is -1.92. The van der Waals surface area contributed by atoms with E-state index in [1.165, 1.54) is 38.5 Å². The molecule has 0 unspecified atom stereocenters. The van der Waals surface area contributed by atoms with Crippen LogP contribution in [0.2, 0.25) is 5.02 Å². The molecule has 6 nitrogen and oxygen atoms in total. The molecular formula is C29H42ClN5O. The number of nitrogens with zero attached hydrogens (tertiary/aromatic N) is 4. The average molecular weight is 512 g/mol. The maximum absolute atomic E-state index is 14.2. The quantitative estimate of drug-likeness (QED) is 0.521. The van der Waals surface area contributed by atoms with Gasteiger partial charge < -0.3 is 10.6 Å². The van der Waals surface area contributed by atoms with Crippen LogP contribution in [-0.4, -0.2) is 44.2 Å². The third-order valence-electron chi connectivity index (χ3n) is 9.62. The van der Waals surface area contributed by atoms with Crippen LogP contribution >= 0.6 is 11.6 Å². The van der Waals surface area contributed by atoms with Gasteiger partial charge in [0.05, 0.1) is 5.92 Å². The minimum absolute atomic E-state index is 0.184. The summed E-state index contributed by atoms with van der Waals surface area (Å²) in [6.07, 6.45) is 18.2. The first-order chi connectivity index (χ1) is 17.5. The number of halogens is 1. The van der Waals surface area contributed by atoms with Crippen molar-refractivity contribution < 1.29 is 4.79 Å². The molecule has 1 aromatic carbocycles. The first-order valence-electron chi connectivity index (χ1n) is 14.1. The highest BCUT2D eigenvalue weighted by atomic mass is 35.5. The van der Waals surface area contributed by atoms with Crippen LogP contribution in [-0.2, 0) is 17.8 Å². The summed E-state index contributed by atoms with van der Waals surface area (Å²) in [4.78, 5) is 20.5. The molecule has 0 radical (unpaired) electrons. The van der Waals surface area contributed by atoms with Gasteiger partial charge in [-0.05, 0) is 74.0 Å². The van der Waals surface area contributed by atoms with E-state index in [0.717, 1.165) is 68.7 Å². The van der Waals surface area contributed by atoms with Crippen molar-refractivity contribution >= 4 is 17.5 Å². The van der Waals surface area contributed by atoms with Gasteiger partial charge in [0, 0.05) is 30.2 Å². The van der Waals surface area contributed by atoms with Gasteiger partial charge in [0.25, 0.3) is 0 Å². The fourth-order valence-corrected chi connectivity index (χ4v) is 7.52. The molecule has 196 valence electrons. The fraction of sp³-hybridized carbons (Fsp3) is 0.690. The summed E-state index contributed by atoms with van der Waals surface area (Å²) in [5, 5.41) is 5.18. The zero-order chi connectivity index (χ0) is 25.0. The van der Waals surface area contributed by atoms with Gasteiger partial charge in [0.1, 0.15) is 12.7 Å². The van der Waals surface area contributed by atoms with Crippen LogP contribution < -0.4 is 5.73 Å². The Labute approximate surface area is 221 Å². The van der Waals surface area contributed by atoms with Crippen LogP contribution in [0.25, 0.3) is 0 Å². The highest BCUT2D eigenvalue weighted by Gasteiger charge is 2.46.